The van der Waals surface area contributed by atoms with Crippen molar-refractivity contribution in [3.63, 3.8) is 0 Å². The van der Waals surface area contributed by atoms with Gasteiger partial charge in [0.2, 0.25) is 0 Å². The lowest BCUT2D eigenvalue weighted by Crippen LogP contribution is -2.73. The van der Waals surface area contributed by atoms with E-state index < -0.39 is 24.2 Å². The van der Waals surface area contributed by atoms with Crippen molar-refractivity contribution in [3.05, 3.63) is 11.8 Å². The number of amides is 1. The Morgan fingerprint density at radius 1 is 0.848 bits per heavy atom. The van der Waals surface area contributed by atoms with Gasteiger partial charge in [0.1, 0.15) is 6.17 Å². The van der Waals surface area contributed by atoms with E-state index in [0.29, 0.717) is 50.8 Å². The second kappa shape index (κ2) is 13.7. The number of ether oxygens (including phenoxy) is 4. The van der Waals surface area contributed by atoms with Gasteiger partial charge in [-0.1, -0.05) is 12.8 Å². The molecule has 5 heterocycles. The first kappa shape index (κ1) is 31.6. The van der Waals surface area contributed by atoms with E-state index in [1.54, 1.807) is 0 Å². The van der Waals surface area contributed by atoms with Crippen LogP contribution in [0.25, 0.3) is 0 Å². The van der Waals surface area contributed by atoms with Gasteiger partial charge in [0.25, 0.3) is 5.91 Å². The van der Waals surface area contributed by atoms with Crippen molar-refractivity contribution in [3.8, 4) is 0 Å². The molecule has 5 aliphatic heterocycles. The summed E-state index contributed by atoms with van der Waals surface area (Å²) in [6.45, 7) is 8.94. The van der Waals surface area contributed by atoms with Gasteiger partial charge in [-0.15, -0.1) is 0 Å². The maximum absolute atomic E-state index is 16.2. The molecular weight excluding hydrogens is 593 g/mol. The Labute approximate surface area is 271 Å². The van der Waals surface area contributed by atoms with Gasteiger partial charge in [-0.2, -0.15) is 0 Å². The minimum atomic E-state index is -1.24. The Balaban J connectivity index is 1.03. The first-order valence-corrected chi connectivity index (χ1v) is 18.2. The van der Waals surface area contributed by atoms with E-state index in [0.717, 1.165) is 65.2 Å². The number of hydrogen-bond acceptors (Lipinski definition) is 10. The number of nitrogens with one attached hydrogen (secondary N) is 2. The summed E-state index contributed by atoms with van der Waals surface area (Å²) in [5.41, 5.74) is 0.164. The molecule has 0 spiro atoms. The average molecular weight is 646 g/mol. The molecule has 0 aromatic rings. The molecule has 4 saturated heterocycles. The van der Waals surface area contributed by atoms with Crippen LogP contribution in [-0.4, -0.2) is 154 Å². The number of alkyl halides is 1. The van der Waals surface area contributed by atoms with Gasteiger partial charge in [-0.25, -0.2) is 4.39 Å². The van der Waals surface area contributed by atoms with Crippen LogP contribution in [0.1, 0.15) is 44.9 Å². The number of rotatable bonds is 8. The maximum Gasteiger partial charge on any atom is 0.256 e. The van der Waals surface area contributed by atoms with Crippen LogP contribution >= 0.6 is 0 Å². The van der Waals surface area contributed by atoms with E-state index in [4.69, 9.17) is 18.9 Å². The highest BCUT2D eigenvalue weighted by Gasteiger charge is 2.61. The van der Waals surface area contributed by atoms with Gasteiger partial charge in [0.15, 0.2) is 5.78 Å². The molecule has 3 saturated carbocycles. The maximum atomic E-state index is 16.2. The molecule has 0 aromatic heterocycles. The third-order valence-corrected chi connectivity index (χ3v) is 12.4. The molecule has 11 unspecified atom stereocenters. The molecule has 0 bridgehead atoms. The highest BCUT2D eigenvalue weighted by molar-refractivity contribution is 6.20. The number of Topliss-reactive ketones (excluding diaryl/α,β-unsaturated/α-hetero) is 1. The van der Waals surface area contributed by atoms with Gasteiger partial charge in [-0.3, -0.25) is 19.4 Å². The Morgan fingerprint density at radius 2 is 1.57 bits per heavy atom. The first-order valence-electron chi connectivity index (χ1n) is 18.2. The van der Waals surface area contributed by atoms with Crippen LogP contribution in [0.15, 0.2) is 11.8 Å². The number of ketones is 1. The molecule has 12 heteroatoms. The van der Waals surface area contributed by atoms with Crippen LogP contribution < -0.4 is 10.6 Å². The lowest BCUT2D eigenvalue weighted by Gasteiger charge is -2.60. The van der Waals surface area contributed by atoms with E-state index >= 15 is 4.39 Å². The summed E-state index contributed by atoms with van der Waals surface area (Å²) in [7, 11) is 0. The Bertz CT molecular complexity index is 1150. The van der Waals surface area contributed by atoms with E-state index in [-0.39, 0.29) is 48.0 Å². The highest BCUT2D eigenvalue weighted by Crippen LogP contribution is 2.52. The fraction of sp³-hybridized carbons (Fsp3) is 0.882. The van der Waals surface area contributed by atoms with Crippen LogP contribution in [0.4, 0.5) is 4.39 Å². The van der Waals surface area contributed by atoms with Crippen molar-refractivity contribution in [2.45, 2.75) is 93.7 Å². The fourth-order valence-corrected chi connectivity index (χ4v) is 10.1. The Morgan fingerprint density at radius 3 is 2.33 bits per heavy atom. The normalized spacial score (nSPS) is 42.8. The largest absolute Gasteiger partial charge is 0.379 e. The number of morpholine rings is 3. The summed E-state index contributed by atoms with van der Waals surface area (Å²) < 4.78 is 40.9. The molecule has 11 nitrogen and oxygen atoms in total. The molecule has 11 atom stereocenters. The van der Waals surface area contributed by atoms with Gasteiger partial charge in [-0.05, 0) is 43.9 Å². The molecule has 46 heavy (non-hydrogen) atoms. The highest BCUT2D eigenvalue weighted by atomic mass is 19.1. The standard InChI is InChI=1S/C34H52FN5O6/c35-25-17-23-31-33(30(25)36-5-7-38-9-13-43-14-10-38)46-29-18-22-21-3-1-2-4-27(21)45-28(22)19-26(29)40(31)20-24(32(23)41)34(42)37-6-8-39-11-15-44-16-12-39/h20-23,25-31,33,36H,1-19H2,(H,37,42). The molecular formula is C34H52FN5O6. The molecule has 3 aliphatic carbocycles. The molecule has 8 rings (SSSR count). The van der Waals surface area contributed by atoms with Crippen LogP contribution in [-0.2, 0) is 28.5 Å². The van der Waals surface area contributed by atoms with Crippen LogP contribution in [0, 0.1) is 17.8 Å². The quantitative estimate of drug-likeness (QED) is 0.367. The predicted molar refractivity (Wildman–Crippen MR) is 167 cm³/mol. The number of carbonyl (C=O) groups excluding carboxylic acids is 2. The van der Waals surface area contributed by atoms with Crippen molar-refractivity contribution in [2.75, 3.05) is 78.8 Å². The summed E-state index contributed by atoms with van der Waals surface area (Å²) in [6.07, 6.45) is 7.17. The van der Waals surface area contributed by atoms with E-state index in [1.165, 1.54) is 19.3 Å². The molecule has 0 radical (unpaired) electrons. The van der Waals surface area contributed by atoms with Gasteiger partial charge >= 0.3 is 0 Å². The van der Waals surface area contributed by atoms with E-state index in [9.17, 15) is 9.59 Å². The number of hydrogen-bond donors (Lipinski definition) is 2. The molecule has 7 fully saturated rings. The third kappa shape index (κ3) is 6.05. The van der Waals surface area contributed by atoms with Gasteiger partial charge in [0.05, 0.1) is 74.5 Å². The zero-order valence-electron chi connectivity index (χ0n) is 27.0. The monoisotopic (exact) mass is 645 g/mol. The van der Waals surface area contributed by atoms with Crippen molar-refractivity contribution in [1.82, 2.24) is 25.3 Å². The molecule has 8 aliphatic rings. The lowest BCUT2D eigenvalue weighted by atomic mass is 9.67. The van der Waals surface area contributed by atoms with Crippen molar-refractivity contribution in [1.29, 1.82) is 0 Å². The summed E-state index contributed by atoms with van der Waals surface area (Å²) in [4.78, 5) is 34.5. The molecule has 0 aromatic carbocycles. The van der Waals surface area contributed by atoms with Crippen molar-refractivity contribution < 1.29 is 32.9 Å². The van der Waals surface area contributed by atoms with Crippen LogP contribution in [0.3, 0.4) is 0 Å². The SMILES string of the molecule is O=C(NCCN1CCOCC1)C1=CN2C3CC4OC5CCCCC5C4CC3OC3C(NCCN4CCOCC4)C(F)CC(C1=O)C32. The second-order valence-corrected chi connectivity index (χ2v) is 14.8. The summed E-state index contributed by atoms with van der Waals surface area (Å²) in [6, 6.07) is -0.804. The third-order valence-electron chi connectivity index (χ3n) is 12.4. The minimum absolute atomic E-state index is 0.000404. The van der Waals surface area contributed by atoms with E-state index in [1.807, 2.05) is 6.20 Å². The Hall–Kier alpha value is -1.67. The number of carbonyl (C=O) groups is 2. The van der Waals surface area contributed by atoms with Crippen molar-refractivity contribution in [2.24, 2.45) is 17.8 Å². The molecule has 1 amide bonds. The molecule has 2 N–H and O–H groups in total. The second-order valence-electron chi connectivity index (χ2n) is 14.8. The zero-order valence-corrected chi connectivity index (χ0v) is 27.0. The number of nitrogens with zero attached hydrogens (tertiary/aromatic N) is 3. The lowest BCUT2D eigenvalue weighted by molar-refractivity contribution is -0.209. The fourth-order valence-electron chi connectivity index (χ4n) is 10.1. The van der Waals surface area contributed by atoms with Crippen molar-refractivity contribution >= 4 is 11.7 Å². The smallest absolute Gasteiger partial charge is 0.256 e. The first-order chi connectivity index (χ1) is 22.5. The number of fused-ring (bicyclic) bond motifs is 5. The van der Waals surface area contributed by atoms with Gasteiger partial charge < -0.3 is 34.5 Å². The summed E-state index contributed by atoms with van der Waals surface area (Å²) in [5.74, 6) is -0.191. The predicted octanol–water partition coefficient (Wildman–Crippen LogP) is 0.724. The van der Waals surface area contributed by atoms with E-state index in [2.05, 4.69) is 25.3 Å². The summed E-state index contributed by atoms with van der Waals surface area (Å²) >= 11 is 0. The topological polar surface area (TPSA) is 105 Å². The summed E-state index contributed by atoms with van der Waals surface area (Å²) in [5, 5.41) is 6.55. The molecule has 256 valence electrons. The van der Waals surface area contributed by atoms with Gasteiger partial charge in [0, 0.05) is 64.5 Å². The zero-order chi connectivity index (χ0) is 31.2. The average Bonchev–Trinajstić information content (AvgIpc) is 3.44. The number of halogens is 1. The van der Waals surface area contributed by atoms with Crippen LogP contribution in [0.5, 0.6) is 0 Å². The Kier molecular flexibility index (Phi) is 9.40. The minimum Gasteiger partial charge on any atom is -0.379 e. The van der Waals surface area contributed by atoms with Crippen LogP contribution in [0.2, 0.25) is 0 Å².